The van der Waals surface area contributed by atoms with Crippen LogP contribution >= 0.6 is 23.1 Å². The van der Waals surface area contributed by atoms with E-state index in [1.54, 1.807) is 0 Å². The van der Waals surface area contributed by atoms with Crippen LogP contribution in [0.1, 0.15) is 37.2 Å². The van der Waals surface area contributed by atoms with Gasteiger partial charge in [-0.3, -0.25) is 9.59 Å². The number of rotatable bonds is 6. The molecule has 1 N–H and O–H groups in total. The summed E-state index contributed by atoms with van der Waals surface area (Å²) in [6.45, 7) is 2.74. The van der Waals surface area contributed by atoms with Gasteiger partial charge in [-0.2, -0.15) is 0 Å². The Morgan fingerprint density at radius 2 is 1.91 bits per heavy atom. The van der Waals surface area contributed by atoms with Gasteiger partial charge in [0.2, 0.25) is 5.91 Å². The molecule has 0 aliphatic carbocycles. The van der Waals surface area contributed by atoms with Gasteiger partial charge in [-0.05, 0) is 30.9 Å². The molecule has 7 heteroatoms. The molecule has 0 saturated carbocycles. The van der Waals surface area contributed by atoms with Crippen LogP contribution in [0, 0.1) is 0 Å². The van der Waals surface area contributed by atoms with E-state index in [1.165, 1.54) is 28.7 Å². The fraction of sp³-hybridized carbons (Fsp3) is 0.269. The standard InChI is InChI=1S/C26H25N3O2S2/c1-17(26(31)29-14-8-13-21(29)19-11-6-3-7-12-19)32-16-22-27-24(30)23-20(15-33-25(23)28-22)18-9-4-2-5-10-18/h2-7,9-12,15,17,21H,8,13-14,16H2,1H3,(H,27,28,30)/t17-,21-/m1/s1. The van der Waals surface area contributed by atoms with Gasteiger partial charge in [-0.15, -0.1) is 23.1 Å². The fourth-order valence-corrected chi connectivity index (χ4v) is 6.24. The quantitative estimate of drug-likeness (QED) is 0.392. The summed E-state index contributed by atoms with van der Waals surface area (Å²) in [5.41, 5.74) is 2.99. The van der Waals surface area contributed by atoms with Crippen LogP contribution in [0.3, 0.4) is 0 Å². The number of likely N-dealkylation sites (tertiary alicyclic amines) is 1. The van der Waals surface area contributed by atoms with Gasteiger partial charge in [0, 0.05) is 17.5 Å². The summed E-state index contributed by atoms with van der Waals surface area (Å²) < 4.78 is 0. The molecule has 0 bridgehead atoms. The molecule has 2 aromatic heterocycles. The van der Waals surface area contributed by atoms with E-state index in [-0.39, 0.29) is 22.8 Å². The molecule has 0 spiro atoms. The fourth-order valence-electron chi connectivity index (χ4n) is 4.45. The van der Waals surface area contributed by atoms with Crippen LogP contribution in [0.4, 0.5) is 0 Å². The van der Waals surface area contributed by atoms with E-state index in [9.17, 15) is 9.59 Å². The predicted octanol–water partition coefficient (Wildman–Crippen LogP) is 5.64. The maximum atomic E-state index is 13.2. The molecular weight excluding hydrogens is 450 g/mol. The Labute approximate surface area is 200 Å². The number of nitrogens with zero attached hydrogens (tertiary/aromatic N) is 2. The zero-order chi connectivity index (χ0) is 22.8. The highest BCUT2D eigenvalue weighted by Crippen LogP contribution is 2.34. The smallest absolute Gasteiger partial charge is 0.260 e. The second-order valence-electron chi connectivity index (χ2n) is 8.26. The van der Waals surface area contributed by atoms with Crippen LogP contribution < -0.4 is 5.56 Å². The number of carbonyl (C=O) groups excluding carboxylic acids is 1. The Hall–Kier alpha value is -2.90. The lowest BCUT2D eigenvalue weighted by Gasteiger charge is -2.27. The molecule has 168 valence electrons. The molecule has 0 radical (unpaired) electrons. The zero-order valence-corrected chi connectivity index (χ0v) is 20.0. The van der Waals surface area contributed by atoms with Gasteiger partial charge in [-0.25, -0.2) is 4.98 Å². The van der Waals surface area contributed by atoms with Crippen molar-refractivity contribution in [3.8, 4) is 11.1 Å². The molecule has 33 heavy (non-hydrogen) atoms. The van der Waals surface area contributed by atoms with Crippen molar-refractivity contribution in [3.63, 3.8) is 0 Å². The highest BCUT2D eigenvalue weighted by atomic mass is 32.2. The summed E-state index contributed by atoms with van der Waals surface area (Å²) in [5.74, 6) is 1.25. The van der Waals surface area contributed by atoms with Gasteiger partial charge in [0.15, 0.2) is 0 Å². The Morgan fingerprint density at radius 3 is 2.67 bits per heavy atom. The van der Waals surface area contributed by atoms with Gasteiger partial charge in [0.05, 0.1) is 22.4 Å². The highest BCUT2D eigenvalue weighted by Gasteiger charge is 2.32. The van der Waals surface area contributed by atoms with Crippen molar-refractivity contribution in [1.29, 1.82) is 0 Å². The molecule has 2 aromatic carbocycles. The third-order valence-corrected chi connectivity index (χ3v) is 8.13. The molecular formula is C26H25N3O2S2. The Morgan fingerprint density at radius 1 is 1.18 bits per heavy atom. The minimum absolute atomic E-state index is 0.127. The van der Waals surface area contributed by atoms with Gasteiger partial charge in [0.1, 0.15) is 10.7 Å². The lowest BCUT2D eigenvalue weighted by Crippen LogP contribution is -2.36. The monoisotopic (exact) mass is 475 g/mol. The molecule has 3 heterocycles. The topological polar surface area (TPSA) is 66.1 Å². The number of hydrogen-bond acceptors (Lipinski definition) is 5. The normalized spacial score (nSPS) is 16.9. The number of thioether (sulfide) groups is 1. The highest BCUT2D eigenvalue weighted by molar-refractivity contribution is 7.99. The summed E-state index contributed by atoms with van der Waals surface area (Å²) in [6.07, 6.45) is 2.02. The number of fused-ring (bicyclic) bond motifs is 1. The van der Waals surface area contributed by atoms with Crippen molar-refractivity contribution in [1.82, 2.24) is 14.9 Å². The average molecular weight is 476 g/mol. The van der Waals surface area contributed by atoms with E-state index in [0.717, 1.165) is 35.3 Å². The third-order valence-electron chi connectivity index (χ3n) is 6.12. The first-order chi connectivity index (χ1) is 16.1. The maximum absolute atomic E-state index is 13.2. The average Bonchev–Trinajstić information content (AvgIpc) is 3.51. The molecule has 0 unspecified atom stereocenters. The van der Waals surface area contributed by atoms with Crippen LogP contribution in [0.2, 0.25) is 0 Å². The minimum atomic E-state index is -0.210. The molecule has 1 aliphatic heterocycles. The Kier molecular flexibility index (Phi) is 6.33. The van der Waals surface area contributed by atoms with Gasteiger partial charge >= 0.3 is 0 Å². The summed E-state index contributed by atoms with van der Waals surface area (Å²) in [7, 11) is 0. The van der Waals surface area contributed by atoms with E-state index < -0.39 is 0 Å². The number of H-pyrrole nitrogens is 1. The molecule has 1 aliphatic rings. The van der Waals surface area contributed by atoms with Gasteiger partial charge < -0.3 is 9.88 Å². The SMILES string of the molecule is C[C@@H](SCc1nc2scc(-c3ccccc3)c2c(=O)[nH]1)C(=O)N1CCC[C@@H]1c1ccccc1. The number of amides is 1. The van der Waals surface area contributed by atoms with E-state index in [2.05, 4.69) is 17.1 Å². The molecule has 1 saturated heterocycles. The first-order valence-corrected chi connectivity index (χ1v) is 13.1. The zero-order valence-electron chi connectivity index (χ0n) is 18.4. The minimum Gasteiger partial charge on any atom is -0.335 e. The largest absolute Gasteiger partial charge is 0.335 e. The van der Waals surface area contributed by atoms with Crippen LogP contribution in [0.5, 0.6) is 0 Å². The summed E-state index contributed by atoms with van der Waals surface area (Å²) in [5, 5.41) is 2.41. The van der Waals surface area contributed by atoms with Crippen LogP contribution in [0.25, 0.3) is 21.3 Å². The Balaban J connectivity index is 1.29. The number of thiophene rings is 1. The van der Waals surface area contributed by atoms with Crippen molar-refractivity contribution < 1.29 is 4.79 Å². The van der Waals surface area contributed by atoms with Crippen molar-refractivity contribution in [2.75, 3.05) is 6.54 Å². The van der Waals surface area contributed by atoms with Gasteiger partial charge in [0.25, 0.3) is 5.56 Å². The van der Waals surface area contributed by atoms with Crippen LogP contribution in [-0.4, -0.2) is 32.6 Å². The van der Waals surface area contributed by atoms with Crippen molar-refractivity contribution in [3.05, 3.63) is 87.8 Å². The first-order valence-electron chi connectivity index (χ1n) is 11.1. The van der Waals surface area contributed by atoms with Gasteiger partial charge in [-0.1, -0.05) is 60.7 Å². The summed E-state index contributed by atoms with van der Waals surface area (Å²) >= 11 is 3.00. The number of aromatic nitrogens is 2. The number of carbonyl (C=O) groups is 1. The molecule has 5 nitrogen and oxygen atoms in total. The third kappa shape index (κ3) is 4.48. The number of hydrogen-bond donors (Lipinski definition) is 1. The summed E-state index contributed by atoms with van der Waals surface area (Å²) in [6, 6.07) is 20.3. The molecule has 1 fully saturated rings. The molecule has 4 aromatic rings. The number of aromatic amines is 1. The molecule has 1 amide bonds. The predicted molar refractivity (Wildman–Crippen MR) is 137 cm³/mol. The summed E-state index contributed by atoms with van der Waals surface area (Å²) in [4.78, 5) is 36.4. The van der Waals surface area contributed by atoms with Crippen molar-refractivity contribution in [2.24, 2.45) is 0 Å². The van der Waals surface area contributed by atoms with Crippen LogP contribution in [-0.2, 0) is 10.5 Å². The first kappa shape index (κ1) is 21.9. The van der Waals surface area contributed by atoms with Crippen LogP contribution in [0.15, 0.2) is 70.8 Å². The van der Waals surface area contributed by atoms with Crippen molar-refractivity contribution >= 4 is 39.2 Å². The van der Waals surface area contributed by atoms with E-state index in [1.807, 2.05) is 65.7 Å². The van der Waals surface area contributed by atoms with E-state index in [0.29, 0.717) is 17.0 Å². The number of benzene rings is 2. The van der Waals surface area contributed by atoms with E-state index in [4.69, 9.17) is 4.98 Å². The Bertz CT molecular complexity index is 1320. The second kappa shape index (κ2) is 9.53. The lowest BCUT2D eigenvalue weighted by atomic mass is 10.0. The number of nitrogens with one attached hydrogen (secondary N) is 1. The molecule has 2 atom stereocenters. The van der Waals surface area contributed by atoms with E-state index >= 15 is 0 Å². The van der Waals surface area contributed by atoms with Crippen molar-refractivity contribution in [2.45, 2.75) is 36.8 Å². The maximum Gasteiger partial charge on any atom is 0.260 e. The second-order valence-corrected chi connectivity index (χ2v) is 10.4. The lowest BCUT2D eigenvalue weighted by molar-refractivity contribution is -0.131. The molecule has 5 rings (SSSR count).